The highest BCUT2D eigenvalue weighted by Crippen LogP contribution is 2.28. The lowest BCUT2D eigenvalue weighted by Crippen LogP contribution is -2.41. The van der Waals surface area contributed by atoms with Crippen LogP contribution in [-0.4, -0.2) is 54.9 Å². The number of aromatic nitrogens is 2. The summed E-state index contributed by atoms with van der Waals surface area (Å²) in [5.41, 5.74) is -3.22. The fourth-order valence-electron chi connectivity index (χ4n) is 2.22. The first kappa shape index (κ1) is 15.9. The van der Waals surface area contributed by atoms with Crippen LogP contribution < -0.4 is 11.2 Å². The van der Waals surface area contributed by atoms with Crippen LogP contribution in [0.3, 0.4) is 0 Å². The lowest BCUT2D eigenvalue weighted by Gasteiger charge is -2.21. The Morgan fingerprint density at radius 2 is 1.95 bits per heavy atom. The van der Waals surface area contributed by atoms with Gasteiger partial charge >= 0.3 is 5.69 Å². The van der Waals surface area contributed by atoms with Crippen molar-refractivity contribution in [2.75, 3.05) is 6.61 Å². The van der Waals surface area contributed by atoms with Gasteiger partial charge in [-0.1, -0.05) is 0 Å². The number of nitrogens with zero attached hydrogens (tertiary/aromatic N) is 1. The number of nitrogens with one attached hydrogen (secondary N) is 1. The van der Waals surface area contributed by atoms with Crippen molar-refractivity contribution in [1.29, 1.82) is 0 Å². The first-order valence-electron chi connectivity index (χ1n) is 6.37. The molecule has 1 saturated heterocycles. The first-order chi connectivity index (χ1) is 9.66. The van der Waals surface area contributed by atoms with E-state index in [4.69, 9.17) is 9.84 Å². The van der Waals surface area contributed by atoms with Gasteiger partial charge in [0.15, 0.2) is 6.23 Å². The van der Waals surface area contributed by atoms with Gasteiger partial charge in [0.05, 0.1) is 17.8 Å². The van der Waals surface area contributed by atoms with Gasteiger partial charge < -0.3 is 25.2 Å². The molecule has 9 heteroatoms. The molecule has 0 spiro atoms. The number of rotatable bonds is 3. The molecule has 0 radical (unpaired) electrons. The van der Waals surface area contributed by atoms with Crippen molar-refractivity contribution in [3.05, 3.63) is 32.6 Å². The summed E-state index contributed by atoms with van der Waals surface area (Å²) >= 11 is 0. The number of H-pyrrole nitrogens is 1. The number of hydrogen-bond donors (Lipinski definition) is 5. The third kappa shape index (κ3) is 2.78. The molecule has 2 rings (SSSR count). The molecule has 1 aliphatic heterocycles. The third-order valence-electron chi connectivity index (χ3n) is 3.42. The van der Waals surface area contributed by atoms with Crippen molar-refractivity contribution in [1.82, 2.24) is 9.55 Å². The molecule has 118 valence electrons. The molecule has 0 saturated carbocycles. The van der Waals surface area contributed by atoms with Gasteiger partial charge in [-0.25, -0.2) is 4.79 Å². The normalized spacial score (nSPS) is 29.8. The van der Waals surface area contributed by atoms with Gasteiger partial charge in [0, 0.05) is 6.20 Å². The van der Waals surface area contributed by atoms with Crippen LogP contribution >= 0.6 is 0 Å². The van der Waals surface area contributed by atoms with Gasteiger partial charge in [-0.05, 0) is 13.8 Å². The van der Waals surface area contributed by atoms with Crippen LogP contribution in [0.5, 0.6) is 0 Å². The average Bonchev–Trinajstić information content (AvgIpc) is 2.65. The van der Waals surface area contributed by atoms with Gasteiger partial charge in [0.25, 0.3) is 5.56 Å². The predicted molar refractivity (Wildman–Crippen MR) is 69.6 cm³/mol. The summed E-state index contributed by atoms with van der Waals surface area (Å²) < 4.78 is 6.09. The molecule has 0 bridgehead atoms. The van der Waals surface area contributed by atoms with E-state index in [1.165, 1.54) is 13.8 Å². The number of aliphatic hydroxyl groups is 4. The van der Waals surface area contributed by atoms with Gasteiger partial charge in [0.1, 0.15) is 18.3 Å². The molecule has 1 fully saturated rings. The van der Waals surface area contributed by atoms with E-state index < -0.39 is 48.0 Å². The Bertz CT molecular complexity index is 630. The van der Waals surface area contributed by atoms with Gasteiger partial charge in [-0.2, -0.15) is 0 Å². The molecular weight excluding hydrogens is 284 g/mol. The molecule has 9 nitrogen and oxygen atoms in total. The zero-order valence-corrected chi connectivity index (χ0v) is 11.6. The monoisotopic (exact) mass is 302 g/mol. The van der Waals surface area contributed by atoms with E-state index in [2.05, 4.69) is 0 Å². The standard InChI is InChI=1S/C12H18N2O7/c1-12(2,20)5-3-14(11(19)13-9(5)18)10-8(17)7(16)6(4-15)21-10/h3,6-8,10,15-17,20H,4H2,1-2H3,(H,13,18,19)/t6-,7-,8+,10-/m1/s1. The molecule has 0 amide bonds. The molecule has 0 aromatic carbocycles. The summed E-state index contributed by atoms with van der Waals surface area (Å²) in [5, 5.41) is 38.5. The molecular formula is C12H18N2O7. The smallest absolute Gasteiger partial charge is 0.330 e. The SMILES string of the molecule is CC(C)(O)c1cn([C@@H]2O[C@H](CO)[C@@H](O)[C@@H]2O)c(=O)[nH]c1=O. The third-order valence-corrected chi connectivity index (χ3v) is 3.42. The van der Waals surface area contributed by atoms with E-state index in [0.29, 0.717) is 0 Å². The van der Waals surface area contributed by atoms with Crippen LogP contribution in [-0.2, 0) is 10.3 Å². The minimum atomic E-state index is -1.51. The van der Waals surface area contributed by atoms with Crippen molar-refractivity contribution in [2.45, 2.75) is 44.0 Å². The average molecular weight is 302 g/mol. The van der Waals surface area contributed by atoms with Crippen molar-refractivity contribution in [3.63, 3.8) is 0 Å². The van der Waals surface area contributed by atoms with Crippen molar-refractivity contribution < 1.29 is 25.2 Å². The van der Waals surface area contributed by atoms with E-state index in [0.717, 1.165) is 10.8 Å². The van der Waals surface area contributed by atoms with E-state index >= 15 is 0 Å². The maximum Gasteiger partial charge on any atom is 0.330 e. The minimum absolute atomic E-state index is 0.0974. The second kappa shape index (κ2) is 5.35. The summed E-state index contributed by atoms with van der Waals surface area (Å²) in [4.78, 5) is 25.6. The van der Waals surface area contributed by atoms with Gasteiger partial charge in [-0.15, -0.1) is 0 Å². The van der Waals surface area contributed by atoms with E-state index in [1.54, 1.807) is 0 Å². The molecule has 1 aromatic heterocycles. The Morgan fingerprint density at radius 1 is 1.33 bits per heavy atom. The van der Waals surface area contributed by atoms with E-state index in [1.807, 2.05) is 4.98 Å². The lowest BCUT2D eigenvalue weighted by atomic mass is 10.0. The molecule has 1 aromatic rings. The van der Waals surface area contributed by atoms with Crippen LogP contribution in [0.2, 0.25) is 0 Å². The Morgan fingerprint density at radius 3 is 2.43 bits per heavy atom. The number of hydrogen-bond acceptors (Lipinski definition) is 7. The van der Waals surface area contributed by atoms with Crippen LogP contribution in [0.4, 0.5) is 0 Å². The van der Waals surface area contributed by atoms with Crippen molar-refractivity contribution >= 4 is 0 Å². The summed E-state index contributed by atoms with van der Waals surface area (Å²) in [5.74, 6) is 0. The van der Waals surface area contributed by atoms with Crippen LogP contribution in [0.25, 0.3) is 0 Å². The Labute approximate surface area is 119 Å². The van der Waals surface area contributed by atoms with Crippen LogP contribution in [0.1, 0.15) is 25.6 Å². The summed E-state index contributed by atoms with van der Waals surface area (Å²) in [6, 6.07) is 0. The molecule has 21 heavy (non-hydrogen) atoms. The van der Waals surface area contributed by atoms with Crippen LogP contribution in [0, 0.1) is 0 Å². The quantitative estimate of drug-likeness (QED) is 0.411. The molecule has 0 aliphatic carbocycles. The van der Waals surface area contributed by atoms with Gasteiger partial charge in [0.2, 0.25) is 0 Å². The largest absolute Gasteiger partial charge is 0.394 e. The first-order valence-corrected chi connectivity index (χ1v) is 6.37. The summed E-state index contributed by atoms with van der Waals surface area (Å²) in [7, 11) is 0. The fourth-order valence-corrected chi connectivity index (χ4v) is 2.22. The molecule has 0 unspecified atom stereocenters. The predicted octanol–water partition coefficient (Wildman–Crippen LogP) is -2.62. The number of aromatic amines is 1. The number of aliphatic hydroxyl groups excluding tert-OH is 3. The van der Waals surface area contributed by atoms with Crippen molar-refractivity contribution in [3.8, 4) is 0 Å². The summed E-state index contributed by atoms with van der Waals surface area (Å²) in [6.07, 6.45) is -4.08. The van der Waals surface area contributed by atoms with Gasteiger partial charge in [-0.3, -0.25) is 14.3 Å². The zero-order valence-electron chi connectivity index (χ0n) is 11.6. The minimum Gasteiger partial charge on any atom is -0.394 e. The van der Waals surface area contributed by atoms with E-state index in [9.17, 15) is 24.9 Å². The number of ether oxygens (including phenoxy) is 1. The second-order valence-electron chi connectivity index (χ2n) is 5.50. The second-order valence-corrected chi connectivity index (χ2v) is 5.50. The zero-order chi connectivity index (χ0) is 15.9. The Balaban J connectivity index is 2.50. The maximum absolute atomic E-state index is 11.8. The highest BCUT2D eigenvalue weighted by molar-refractivity contribution is 5.13. The highest BCUT2D eigenvalue weighted by Gasteiger charge is 2.44. The topological polar surface area (TPSA) is 145 Å². The molecule has 2 heterocycles. The molecule has 1 aliphatic rings. The fraction of sp³-hybridized carbons (Fsp3) is 0.667. The van der Waals surface area contributed by atoms with Crippen LogP contribution in [0.15, 0.2) is 15.8 Å². The molecule has 4 atom stereocenters. The Hall–Kier alpha value is -1.52. The Kier molecular flexibility index (Phi) is 4.04. The van der Waals surface area contributed by atoms with Crippen molar-refractivity contribution in [2.24, 2.45) is 0 Å². The highest BCUT2D eigenvalue weighted by atomic mass is 16.6. The molecule has 5 N–H and O–H groups in total. The summed E-state index contributed by atoms with van der Waals surface area (Å²) in [6.45, 7) is 2.19. The van der Waals surface area contributed by atoms with E-state index in [-0.39, 0.29) is 5.56 Å². The maximum atomic E-state index is 11.8. The lowest BCUT2D eigenvalue weighted by molar-refractivity contribution is -0.0556.